The Morgan fingerprint density at radius 3 is 2.94 bits per heavy atom. The van der Waals surface area contributed by atoms with Gasteiger partial charge in [-0.1, -0.05) is 5.21 Å². The Morgan fingerprint density at radius 2 is 2.25 bits per heavy atom. The molecule has 0 saturated carbocycles. The van der Waals surface area contributed by atoms with Crippen LogP contribution in [0.2, 0.25) is 0 Å². The number of nitrogens with zero attached hydrogens (tertiary/aromatic N) is 5. The smallest absolute Gasteiger partial charge is 0.237 e. The summed E-state index contributed by atoms with van der Waals surface area (Å²) < 4.78 is 6.93. The lowest BCUT2D eigenvalue weighted by Crippen LogP contribution is -2.01. The third kappa shape index (κ3) is 2.63. The summed E-state index contributed by atoms with van der Waals surface area (Å²) in [6, 6.07) is 0. The molecule has 2 rings (SSSR count). The molecule has 16 heavy (non-hydrogen) atoms. The maximum atomic E-state index is 5.42. The number of hydrogen-bond acceptors (Lipinski definition) is 6. The molecule has 2 N–H and O–H groups in total. The van der Waals surface area contributed by atoms with Gasteiger partial charge in [0.25, 0.3) is 0 Å². The fraction of sp³-hybridized carbons (Fsp3) is 0.556. The Bertz CT molecular complexity index is 448. The zero-order valence-corrected chi connectivity index (χ0v) is 9.13. The van der Waals surface area contributed by atoms with Gasteiger partial charge in [-0.15, -0.1) is 15.3 Å². The molecule has 0 radical (unpaired) electrons. The van der Waals surface area contributed by atoms with E-state index in [9.17, 15) is 0 Å². The molecular weight excluding hydrogens is 208 g/mol. The first-order valence-corrected chi connectivity index (χ1v) is 5.16. The van der Waals surface area contributed by atoms with Gasteiger partial charge < -0.3 is 10.2 Å². The van der Waals surface area contributed by atoms with Gasteiger partial charge in [0.1, 0.15) is 6.54 Å². The third-order valence-corrected chi connectivity index (χ3v) is 2.09. The van der Waals surface area contributed by atoms with Gasteiger partial charge in [-0.25, -0.2) is 4.68 Å². The molecule has 0 spiro atoms. The van der Waals surface area contributed by atoms with Crippen molar-refractivity contribution in [2.45, 2.75) is 26.3 Å². The van der Waals surface area contributed by atoms with Crippen molar-refractivity contribution >= 4 is 0 Å². The normalized spacial score (nSPS) is 10.9. The SMILES string of the molecule is Cc1nnc(Cn2cc(CCCN)nn2)o1. The highest BCUT2D eigenvalue weighted by Crippen LogP contribution is 2.02. The zero-order valence-electron chi connectivity index (χ0n) is 9.13. The molecule has 2 heterocycles. The van der Waals surface area contributed by atoms with Gasteiger partial charge in [0.2, 0.25) is 11.8 Å². The predicted octanol–water partition coefficient (Wildman–Crippen LogP) is -0.0909. The lowest BCUT2D eigenvalue weighted by molar-refractivity contribution is 0.441. The Labute approximate surface area is 92.7 Å². The van der Waals surface area contributed by atoms with Gasteiger partial charge in [-0.2, -0.15) is 0 Å². The fourth-order valence-corrected chi connectivity index (χ4v) is 1.35. The fourth-order valence-electron chi connectivity index (χ4n) is 1.35. The first-order valence-electron chi connectivity index (χ1n) is 5.16. The summed E-state index contributed by atoms with van der Waals surface area (Å²) >= 11 is 0. The van der Waals surface area contributed by atoms with Crippen molar-refractivity contribution in [3.63, 3.8) is 0 Å². The Hall–Kier alpha value is -1.76. The van der Waals surface area contributed by atoms with E-state index >= 15 is 0 Å². The van der Waals surface area contributed by atoms with E-state index in [4.69, 9.17) is 10.2 Å². The van der Waals surface area contributed by atoms with Crippen molar-refractivity contribution in [1.82, 2.24) is 25.2 Å². The van der Waals surface area contributed by atoms with Gasteiger partial charge in [-0.05, 0) is 19.4 Å². The molecule has 0 aromatic carbocycles. The van der Waals surface area contributed by atoms with Crippen molar-refractivity contribution in [2.24, 2.45) is 5.73 Å². The molecule has 7 nitrogen and oxygen atoms in total. The van der Waals surface area contributed by atoms with E-state index in [1.54, 1.807) is 11.6 Å². The van der Waals surface area contributed by atoms with Crippen LogP contribution in [0.4, 0.5) is 0 Å². The maximum Gasteiger partial charge on any atom is 0.237 e. The average Bonchev–Trinajstić information content (AvgIpc) is 2.86. The van der Waals surface area contributed by atoms with E-state index in [0.29, 0.717) is 24.9 Å². The minimum absolute atomic E-state index is 0.455. The van der Waals surface area contributed by atoms with Crippen molar-refractivity contribution in [1.29, 1.82) is 0 Å². The van der Waals surface area contributed by atoms with Crippen LogP contribution in [0.15, 0.2) is 10.6 Å². The Kier molecular flexibility index (Phi) is 3.25. The molecule has 0 unspecified atom stereocenters. The predicted molar refractivity (Wildman–Crippen MR) is 55.5 cm³/mol. The van der Waals surface area contributed by atoms with Gasteiger partial charge in [-0.3, -0.25) is 0 Å². The quantitative estimate of drug-likeness (QED) is 0.759. The largest absolute Gasteiger partial charge is 0.424 e. The summed E-state index contributed by atoms with van der Waals surface area (Å²) in [4.78, 5) is 0. The molecule has 0 aliphatic carbocycles. The second-order valence-corrected chi connectivity index (χ2v) is 3.51. The van der Waals surface area contributed by atoms with Crippen LogP contribution in [-0.2, 0) is 13.0 Å². The van der Waals surface area contributed by atoms with E-state index in [1.165, 1.54) is 0 Å². The van der Waals surface area contributed by atoms with E-state index < -0.39 is 0 Å². The standard InChI is InChI=1S/C9H14N6O/c1-7-11-13-9(16-7)6-15-5-8(12-14-15)3-2-4-10/h5H,2-4,6,10H2,1H3. The maximum absolute atomic E-state index is 5.42. The highest BCUT2D eigenvalue weighted by atomic mass is 16.4. The number of nitrogens with two attached hydrogens (primary N) is 1. The average molecular weight is 222 g/mol. The highest BCUT2D eigenvalue weighted by Gasteiger charge is 2.05. The van der Waals surface area contributed by atoms with Crippen LogP contribution in [0.25, 0.3) is 0 Å². The van der Waals surface area contributed by atoms with Crippen LogP contribution >= 0.6 is 0 Å². The van der Waals surface area contributed by atoms with Crippen LogP contribution in [0.5, 0.6) is 0 Å². The van der Waals surface area contributed by atoms with Gasteiger partial charge in [0.15, 0.2) is 0 Å². The molecule has 86 valence electrons. The number of rotatable bonds is 5. The monoisotopic (exact) mass is 222 g/mol. The van der Waals surface area contributed by atoms with Gasteiger partial charge in [0, 0.05) is 13.1 Å². The minimum atomic E-state index is 0.455. The topological polar surface area (TPSA) is 95.7 Å². The Morgan fingerprint density at radius 1 is 1.38 bits per heavy atom. The molecule has 0 atom stereocenters. The third-order valence-electron chi connectivity index (χ3n) is 2.09. The van der Waals surface area contributed by atoms with Crippen LogP contribution in [0.1, 0.15) is 23.9 Å². The molecule has 7 heteroatoms. The van der Waals surface area contributed by atoms with Crippen LogP contribution in [0, 0.1) is 6.92 Å². The lowest BCUT2D eigenvalue weighted by atomic mass is 10.2. The highest BCUT2D eigenvalue weighted by molar-refractivity contribution is 4.93. The van der Waals surface area contributed by atoms with Crippen LogP contribution < -0.4 is 5.73 Å². The minimum Gasteiger partial charge on any atom is -0.424 e. The van der Waals surface area contributed by atoms with Crippen molar-refractivity contribution in [3.05, 3.63) is 23.7 Å². The van der Waals surface area contributed by atoms with Gasteiger partial charge >= 0.3 is 0 Å². The summed E-state index contributed by atoms with van der Waals surface area (Å²) in [5, 5.41) is 15.6. The zero-order chi connectivity index (χ0) is 11.4. The molecule has 0 fully saturated rings. The van der Waals surface area contributed by atoms with Gasteiger partial charge in [0.05, 0.1) is 5.69 Å². The molecular formula is C9H14N6O. The number of aromatic nitrogens is 5. The van der Waals surface area contributed by atoms with Crippen molar-refractivity contribution in [2.75, 3.05) is 6.54 Å². The summed E-state index contributed by atoms with van der Waals surface area (Å²) in [5.74, 6) is 1.09. The number of hydrogen-bond donors (Lipinski definition) is 1. The van der Waals surface area contributed by atoms with E-state index in [-0.39, 0.29) is 0 Å². The van der Waals surface area contributed by atoms with Crippen molar-refractivity contribution < 1.29 is 4.42 Å². The Balaban J connectivity index is 1.97. The molecule has 0 bridgehead atoms. The van der Waals surface area contributed by atoms with E-state index in [1.807, 2.05) is 6.20 Å². The van der Waals surface area contributed by atoms with Crippen LogP contribution in [-0.4, -0.2) is 31.7 Å². The molecule has 0 saturated heterocycles. The first-order chi connectivity index (χ1) is 7.78. The number of aryl methyl sites for hydroxylation is 2. The van der Waals surface area contributed by atoms with Crippen LogP contribution in [0.3, 0.4) is 0 Å². The second-order valence-electron chi connectivity index (χ2n) is 3.51. The van der Waals surface area contributed by atoms with Crippen molar-refractivity contribution in [3.8, 4) is 0 Å². The van der Waals surface area contributed by atoms with E-state index in [0.717, 1.165) is 18.5 Å². The second kappa shape index (κ2) is 4.84. The lowest BCUT2D eigenvalue weighted by Gasteiger charge is -1.93. The van der Waals surface area contributed by atoms with E-state index in [2.05, 4.69) is 20.5 Å². The molecule has 2 aromatic rings. The molecule has 0 aliphatic rings. The summed E-state index contributed by atoms with van der Waals surface area (Å²) in [5.41, 5.74) is 6.35. The molecule has 0 aliphatic heterocycles. The summed E-state index contributed by atoms with van der Waals surface area (Å²) in [6.45, 7) is 2.87. The summed E-state index contributed by atoms with van der Waals surface area (Å²) in [7, 11) is 0. The molecule has 2 aromatic heterocycles. The molecule has 0 amide bonds. The summed E-state index contributed by atoms with van der Waals surface area (Å²) in [6.07, 6.45) is 3.63. The first kappa shape index (κ1) is 10.7.